The van der Waals surface area contributed by atoms with Crippen LogP contribution in [0.1, 0.15) is 5.56 Å². The molecule has 6 rings (SSSR count). The topological polar surface area (TPSA) is 74.9 Å². The second-order valence-corrected chi connectivity index (χ2v) is 8.63. The number of hydrogen-bond acceptors (Lipinski definition) is 6. The largest absolute Gasteiger partial charge is 0.396 e. The van der Waals surface area contributed by atoms with Crippen LogP contribution in [-0.4, -0.2) is 69.1 Å². The molecule has 150 valence electrons. The zero-order valence-corrected chi connectivity index (χ0v) is 16.2. The van der Waals surface area contributed by atoms with Gasteiger partial charge in [0.05, 0.1) is 17.9 Å². The summed E-state index contributed by atoms with van der Waals surface area (Å²) in [5, 5.41) is 17.9. The van der Waals surface area contributed by atoms with E-state index < -0.39 is 0 Å². The monoisotopic (exact) mass is 391 g/mol. The van der Waals surface area contributed by atoms with Crippen LogP contribution >= 0.6 is 0 Å². The van der Waals surface area contributed by atoms with Crippen LogP contribution in [0.2, 0.25) is 0 Å². The average Bonchev–Trinajstić information content (AvgIpc) is 3.36. The van der Waals surface area contributed by atoms with Gasteiger partial charge < -0.3 is 15.2 Å². The van der Waals surface area contributed by atoms with Crippen LogP contribution in [0.5, 0.6) is 0 Å². The van der Waals surface area contributed by atoms with E-state index in [1.165, 1.54) is 0 Å². The predicted octanol–water partition coefficient (Wildman–Crippen LogP) is 1.18. The van der Waals surface area contributed by atoms with Crippen LogP contribution in [0.3, 0.4) is 0 Å². The maximum atomic E-state index is 9.90. The predicted molar refractivity (Wildman–Crippen MR) is 108 cm³/mol. The van der Waals surface area contributed by atoms with Crippen molar-refractivity contribution < 1.29 is 9.84 Å². The van der Waals surface area contributed by atoms with Gasteiger partial charge in [0.15, 0.2) is 5.65 Å². The first kappa shape index (κ1) is 17.5. The van der Waals surface area contributed by atoms with Crippen LogP contribution in [0, 0.1) is 11.8 Å². The first-order valence-corrected chi connectivity index (χ1v) is 10.4. The molecule has 3 fully saturated rings. The fourth-order valence-corrected chi connectivity index (χ4v) is 5.59. The lowest BCUT2D eigenvalue weighted by molar-refractivity contribution is -0.0746. The molecule has 0 saturated carbocycles. The molecule has 2 aromatic heterocycles. The zero-order chi connectivity index (χ0) is 19.4. The maximum Gasteiger partial charge on any atom is 0.162 e. The first-order valence-electron chi connectivity index (χ1n) is 10.4. The summed E-state index contributed by atoms with van der Waals surface area (Å²) in [6.07, 6.45) is 6.07. The molecule has 0 aliphatic carbocycles. The van der Waals surface area contributed by atoms with E-state index in [1.54, 1.807) is 0 Å². The standard InChI is InChI=1S/C22H25N5O2/c28-12-18-19-11-26(14-22(19)13-23-8-20(18)29-22)9-15-6-24-21-17(7-25-27(21)10-15)16-4-2-1-3-5-16/h1-7,10,18-20,23,28H,8-9,11-14H2/t18-,19+,20+,22+/m0/s1. The molecule has 0 unspecified atom stereocenters. The molecule has 3 aliphatic rings. The number of fused-ring (bicyclic) bond motifs is 2. The summed E-state index contributed by atoms with van der Waals surface area (Å²) >= 11 is 0. The summed E-state index contributed by atoms with van der Waals surface area (Å²) < 4.78 is 8.28. The van der Waals surface area contributed by atoms with E-state index >= 15 is 0 Å². The van der Waals surface area contributed by atoms with Crippen molar-refractivity contribution in [3.05, 3.63) is 54.5 Å². The molecule has 2 bridgehead atoms. The summed E-state index contributed by atoms with van der Waals surface area (Å²) in [7, 11) is 0. The van der Waals surface area contributed by atoms with Gasteiger partial charge in [-0.3, -0.25) is 4.90 Å². The van der Waals surface area contributed by atoms with Gasteiger partial charge in [0.1, 0.15) is 0 Å². The number of nitrogens with zero attached hydrogens (tertiary/aromatic N) is 4. The Morgan fingerprint density at radius 2 is 2.14 bits per heavy atom. The second kappa shape index (κ2) is 6.60. The van der Waals surface area contributed by atoms with Crippen LogP contribution < -0.4 is 5.32 Å². The Hall–Kier alpha value is -2.32. The fraction of sp³-hybridized carbons (Fsp3) is 0.455. The number of nitrogens with one attached hydrogen (secondary N) is 1. The van der Waals surface area contributed by atoms with E-state index in [0.717, 1.165) is 55.1 Å². The van der Waals surface area contributed by atoms with Gasteiger partial charge in [0.25, 0.3) is 0 Å². The highest BCUT2D eigenvalue weighted by Crippen LogP contribution is 2.47. The van der Waals surface area contributed by atoms with Gasteiger partial charge in [0.2, 0.25) is 0 Å². The molecule has 3 aliphatic heterocycles. The van der Waals surface area contributed by atoms with Gasteiger partial charge in [-0.1, -0.05) is 30.3 Å². The second-order valence-electron chi connectivity index (χ2n) is 8.63. The molecule has 5 heterocycles. The Morgan fingerprint density at radius 1 is 1.24 bits per heavy atom. The number of rotatable bonds is 4. The molecule has 1 aromatic carbocycles. The van der Waals surface area contributed by atoms with Gasteiger partial charge in [-0.05, 0) is 5.56 Å². The molecule has 29 heavy (non-hydrogen) atoms. The average molecular weight is 391 g/mol. The number of aliphatic hydroxyl groups is 1. The van der Waals surface area contributed by atoms with Crippen LogP contribution in [-0.2, 0) is 11.3 Å². The Morgan fingerprint density at radius 3 is 3.00 bits per heavy atom. The highest BCUT2D eigenvalue weighted by molar-refractivity contribution is 5.76. The van der Waals surface area contributed by atoms with Crippen molar-refractivity contribution in [2.75, 3.05) is 32.8 Å². The molecular formula is C22H25N5O2. The van der Waals surface area contributed by atoms with Crippen molar-refractivity contribution in [2.45, 2.75) is 18.2 Å². The quantitative estimate of drug-likeness (QED) is 0.696. The van der Waals surface area contributed by atoms with Crippen LogP contribution in [0.25, 0.3) is 16.8 Å². The number of aliphatic hydroxyl groups excluding tert-OH is 1. The van der Waals surface area contributed by atoms with Crippen molar-refractivity contribution in [1.82, 2.24) is 24.8 Å². The Bertz CT molecular complexity index is 1040. The Balaban J connectivity index is 1.24. The lowest BCUT2D eigenvalue weighted by Crippen LogP contribution is -2.52. The van der Waals surface area contributed by atoms with Gasteiger partial charge in [-0.15, -0.1) is 0 Å². The fourth-order valence-electron chi connectivity index (χ4n) is 5.59. The number of morpholine rings is 1. The molecule has 3 aromatic rings. The minimum Gasteiger partial charge on any atom is -0.396 e. The Kier molecular flexibility index (Phi) is 3.99. The SMILES string of the molecule is OC[C@H]1[C@H]2CN(Cc3cnc4c(-c5ccccc5)cnn4c3)C[C@]23CNC[C@H]1O3. The van der Waals surface area contributed by atoms with E-state index in [9.17, 15) is 5.11 Å². The van der Waals surface area contributed by atoms with Gasteiger partial charge in [-0.2, -0.15) is 5.10 Å². The molecule has 0 radical (unpaired) electrons. The number of hydrogen-bond donors (Lipinski definition) is 2. The minimum atomic E-state index is -0.153. The highest BCUT2D eigenvalue weighted by Gasteiger charge is 2.60. The van der Waals surface area contributed by atoms with Gasteiger partial charge in [0, 0.05) is 74.7 Å². The maximum absolute atomic E-state index is 9.90. The zero-order valence-electron chi connectivity index (χ0n) is 16.2. The van der Waals surface area contributed by atoms with E-state index in [-0.39, 0.29) is 24.2 Å². The summed E-state index contributed by atoms with van der Waals surface area (Å²) in [5.41, 5.74) is 4.03. The van der Waals surface area contributed by atoms with Crippen molar-refractivity contribution >= 4 is 5.65 Å². The van der Waals surface area contributed by atoms with E-state index in [0.29, 0.717) is 5.92 Å². The van der Waals surface area contributed by atoms with Crippen molar-refractivity contribution in [3.8, 4) is 11.1 Å². The van der Waals surface area contributed by atoms with E-state index in [1.807, 2.05) is 35.1 Å². The van der Waals surface area contributed by atoms with Crippen LogP contribution in [0.15, 0.2) is 48.9 Å². The van der Waals surface area contributed by atoms with Crippen LogP contribution in [0.4, 0.5) is 0 Å². The summed E-state index contributed by atoms with van der Waals surface area (Å²) in [6.45, 7) is 4.59. The summed E-state index contributed by atoms with van der Waals surface area (Å²) in [6, 6.07) is 10.2. The molecule has 0 amide bonds. The minimum absolute atomic E-state index is 0.152. The first-order chi connectivity index (χ1) is 14.3. The molecular weight excluding hydrogens is 366 g/mol. The number of ether oxygens (including phenoxy) is 1. The molecule has 2 N–H and O–H groups in total. The number of benzene rings is 1. The van der Waals surface area contributed by atoms with Gasteiger partial charge in [-0.25, -0.2) is 9.50 Å². The molecule has 3 saturated heterocycles. The molecule has 4 atom stereocenters. The third-order valence-corrected chi connectivity index (χ3v) is 6.88. The van der Waals surface area contributed by atoms with Crippen molar-refractivity contribution in [1.29, 1.82) is 0 Å². The molecule has 7 nitrogen and oxygen atoms in total. The Labute approximate surface area is 169 Å². The summed E-state index contributed by atoms with van der Waals surface area (Å²) in [4.78, 5) is 7.15. The van der Waals surface area contributed by atoms with Gasteiger partial charge >= 0.3 is 0 Å². The van der Waals surface area contributed by atoms with E-state index in [4.69, 9.17) is 9.72 Å². The number of aromatic nitrogens is 3. The van der Waals surface area contributed by atoms with Crippen molar-refractivity contribution in [2.24, 2.45) is 11.8 Å². The highest BCUT2D eigenvalue weighted by atomic mass is 16.5. The molecule has 1 spiro atoms. The van der Waals surface area contributed by atoms with Crippen molar-refractivity contribution in [3.63, 3.8) is 0 Å². The van der Waals surface area contributed by atoms with E-state index in [2.05, 4.69) is 33.6 Å². The lowest BCUT2D eigenvalue weighted by atomic mass is 9.83. The third-order valence-electron chi connectivity index (χ3n) is 6.88. The third kappa shape index (κ3) is 2.73. The lowest BCUT2D eigenvalue weighted by Gasteiger charge is -2.34. The molecule has 7 heteroatoms. The number of likely N-dealkylation sites (tertiary alicyclic amines) is 1. The smallest absolute Gasteiger partial charge is 0.162 e. The summed E-state index contributed by atoms with van der Waals surface area (Å²) in [5.74, 6) is 0.619. The normalized spacial score (nSPS) is 31.4.